The summed E-state index contributed by atoms with van der Waals surface area (Å²) >= 11 is 0. The number of hydrazine groups is 1. The lowest BCUT2D eigenvalue weighted by atomic mass is 9.79. The summed E-state index contributed by atoms with van der Waals surface area (Å²) in [5.74, 6) is -2.88. The third-order valence-corrected chi connectivity index (χ3v) is 4.23. The molecule has 2 atom stereocenters. The summed E-state index contributed by atoms with van der Waals surface area (Å²) in [6.45, 7) is 0. The fourth-order valence-corrected chi connectivity index (χ4v) is 2.93. The third-order valence-electron chi connectivity index (χ3n) is 4.23. The largest absolute Gasteiger partial charge is 0.481 e. The van der Waals surface area contributed by atoms with Crippen molar-refractivity contribution in [2.75, 3.05) is 0 Å². The molecule has 0 saturated heterocycles. The molecule has 1 aromatic rings. The van der Waals surface area contributed by atoms with Crippen molar-refractivity contribution in [1.29, 1.82) is 0 Å². The Morgan fingerprint density at radius 3 is 2.30 bits per heavy atom. The van der Waals surface area contributed by atoms with Crippen molar-refractivity contribution in [3.05, 3.63) is 35.9 Å². The average molecular weight is 318 g/mol. The van der Waals surface area contributed by atoms with Gasteiger partial charge in [-0.2, -0.15) is 0 Å². The molecular weight excluding hydrogens is 296 g/mol. The van der Waals surface area contributed by atoms with Crippen LogP contribution in [0.25, 0.3) is 0 Å². The number of amides is 2. The summed E-state index contributed by atoms with van der Waals surface area (Å²) in [5.41, 5.74) is 5.80. The number of aliphatic carboxylic acids is 1. The van der Waals surface area contributed by atoms with Crippen LogP contribution in [0.2, 0.25) is 0 Å². The van der Waals surface area contributed by atoms with E-state index in [9.17, 15) is 19.5 Å². The van der Waals surface area contributed by atoms with Gasteiger partial charge in [-0.3, -0.25) is 25.2 Å². The molecule has 1 aliphatic carbocycles. The molecule has 0 radical (unpaired) electrons. The fraction of sp³-hybridized carbons (Fsp3) is 0.471. The van der Waals surface area contributed by atoms with Crippen LogP contribution >= 0.6 is 0 Å². The van der Waals surface area contributed by atoms with Crippen LogP contribution in [-0.4, -0.2) is 22.9 Å². The predicted octanol–water partition coefficient (Wildman–Crippen LogP) is 1.66. The normalized spacial score (nSPS) is 20.5. The first-order chi connectivity index (χ1) is 11.1. The Morgan fingerprint density at radius 2 is 1.65 bits per heavy atom. The Bertz CT molecular complexity index is 559. The first-order valence-corrected chi connectivity index (χ1v) is 7.93. The van der Waals surface area contributed by atoms with Gasteiger partial charge in [0.15, 0.2) is 0 Å². The Kier molecular flexibility index (Phi) is 6.14. The molecule has 0 spiro atoms. The molecule has 3 N–H and O–H groups in total. The molecule has 6 nitrogen and oxygen atoms in total. The van der Waals surface area contributed by atoms with E-state index in [2.05, 4.69) is 10.9 Å². The van der Waals surface area contributed by atoms with E-state index < -0.39 is 23.7 Å². The van der Waals surface area contributed by atoms with Crippen molar-refractivity contribution in [2.45, 2.75) is 38.5 Å². The molecule has 1 saturated carbocycles. The highest BCUT2D eigenvalue weighted by Gasteiger charge is 2.35. The van der Waals surface area contributed by atoms with E-state index in [1.807, 2.05) is 30.3 Å². The highest BCUT2D eigenvalue weighted by molar-refractivity contribution is 5.87. The maximum atomic E-state index is 12.1. The molecule has 0 aromatic heterocycles. The van der Waals surface area contributed by atoms with E-state index in [0.29, 0.717) is 19.3 Å². The summed E-state index contributed by atoms with van der Waals surface area (Å²) in [5, 5.41) is 9.18. The van der Waals surface area contributed by atoms with Crippen molar-refractivity contribution in [3.63, 3.8) is 0 Å². The van der Waals surface area contributed by atoms with E-state index in [4.69, 9.17) is 0 Å². The fourth-order valence-electron chi connectivity index (χ4n) is 2.93. The standard InChI is InChI=1S/C17H22N2O4/c20-15(11-10-12-6-2-1-3-7-12)18-19-16(21)13-8-4-5-9-14(13)17(22)23/h1-3,6-7,13-14H,4-5,8-11H2,(H,18,20)(H,19,21)(H,22,23)/t13-,14+/m1/s1. The molecule has 0 heterocycles. The number of carboxylic acids is 1. The molecule has 23 heavy (non-hydrogen) atoms. The number of rotatable bonds is 5. The maximum absolute atomic E-state index is 12.1. The topological polar surface area (TPSA) is 95.5 Å². The molecule has 0 unspecified atom stereocenters. The molecule has 1 fully saturated rings. The van der Waals surface area contributed by atoms with Crippen LogP contribution in [0.1, 0.15) is 37.7 Å². The minimum atomic E-state index is -0.944. The number of hydrogen-bond acceptors (Lipinski definition) is 3. The van der Waals surface area contributed by atoms with E-state index in [-0.39, 0.29) is 12.3 Å². The smallest absolute Gasteiger partial charge is 0.307 e. The number of carbonyl (C=O) groups is 3. The zero-order valence-corrected chi connectivity index (χ0v) is 13.0. The molecular formula is C17H22N2O4. The van der Waals surface area contributed by atoms with Gasteiger partial charge in [0.1, 0.15) is 0 Å². The average Bonchev–Trinajstić information content (AvgIpc) is 2.58. The van der Waals surface area contributed by atoms with Gasteiger partial charge < -0.3 is 5.11 Å². The molecule has 1 aromatic carbocycles. The van der Waals surface area contributed by atoms with Crippen LogP contribution in [0.15, 0.2) is 30.3 Å². The minimum Gasteiger partial charge on any atom is -0.481 e. The summed E-state index contributed by atoms with van der Waals surface area (Å²) in [4.78, 5) is 35.1. The van der Waals surface area contributed by atoms with Gasteiger partial charge in [0.05, 0.1) is 11.8 Å². The van der Waals surface area contributed by atoms with Gasteiger partial charge in [0.2, 0.25) is 11.8 Å². The monoisotopic (exact) mass is 318 g/mol. The number of hydrogen-bond donors (Lipinski definition) is 3. The van der Waals surface area contributed by atoms with E-state index in [1.165, 1.54) is 0 Å². The van der Waals surface area contributed by atoms with Gasteiger partial charge in [0.25, 0.3) is 0 Å². The van der Waals surface area contributed by atoms with Crippen LogP contribution in [0.4, 0.5) is 0 Å². The number of carboxylic acid groups (broad SMARTS) is 1. The molecule has 0 bridgehead atoms. The van der Waals surface area contributed by atoms with Gasteiger partial charge in [-0.1, -0.05) is 43.2 Å². The number of carbonyl (C=O) groups excluding carboxylic acids is 2. The lowest BCUT2D eigenvalue weighted by Crippen LogP contribution is -2.47. The molecule has 2 amide bonds. The Morgan fingerprint density at radius 1 is 1.00 bits per heavy atom. The van der Waals surface area contributed by atoms with Gasteiger partial charge in [-0.25, -0.2) is 0 Å². The number of aryl methyl sites for hydroxylation is 1. The Balaban J connectivity index is 1.76. The number of nitrogens with one attached hydrogen (secondary N) is 2. The number of benzene rings is 1. The van der Waals surface area contributed by atoms with Gasteiger partial charge in [-0.15, -0.1) is 0 Å². The zero-order chi connectivity index (χ0) is 16.7. The van der Waals surface area contributed by atoms with Crippen molar-refractivity contribution in [3.8, 4) is 0 Å². The zero-order valence-electron chi connectivity index (χ0n) is 13.0. The van der Waals surface area contributed by atoms with E-state index in [1.54, 1.807) is 0 Å². The van der Waals surface area contributed by atoms with Crippen LogP contribution in [0.5, 0.6) is 0 Å². The Labute approximate surface area is 135 Å². The van der Waals surface area contributed by atoms with Crippen LogP contribution in [-0.2, 0) is 20.8 Å². The molecule has 2 rings (SSSR count). The Hall–Kier alpha value is -2.37. The lowest BCUT2D eigenvalue weighted by Gasteiger charge is -2.27. The van der Waals surface area contributed by atoms with Crippen molar-refractivity contribution in [2.24, 2.45) is 11.8 Å². The van der Waals surface area contributed by atoms with Crippen LogP contribution < -0.4 is 10.9 Å². The SMILES string of the molecule is O=C(CCc1ccccc1)NNC(=O)[C@@H]1CCCC[C@@H]1C(=O)O. The van der Waals surface area contributed by atoms with Crippen LogP contribution in [0.3, 0.4) is 0 Å². The molecule has 1 aliphatic rings. The van der Waals surface area contributed by atoms with Gasteiger partial charge >= 0.3 is 5.97 Å². The lowest BCUT2D eigenvalue weighted by molar-refractivity contribution is -0.149. The molecule has 0 aliphatic heterocycles. The second-order valence-corrected chi connectivity index (χ2v) is 5.86. The first-order valence-electron chi connectivity index (χ1n) is 7.93. The van der Waals surface area contributed by atoms with Crippen molar-refractivity contribution < 1.29 is 19.5 Å². The van der Waals surface area contributed by atoms with Crippen molar-refractivity contribution in [1.82, 2.24) is 10.9 Å². The predicted molar refractivity (Wildman–Crippen MR) is 84.1 cm³/mol. The summed E-state index contributed by atoms with van der Waals surface area (Å²) in [7, 11) is 0. The second kappa shape index (κ2) is 8.31. The second-order valence-electron chi connectivity index (χ2n) is 5.86. The third kappa shape index (κ3) is 5.09. The van der Waals surface area contributed by atoms with E-state index >= 15 is 0 Å². The van der Waals surface area contributed by atoms with E-state index in [0.717, 1.165) is 18.4 Å². The van der Waals surface area contributed by atoms with Crippen molar-refractivity contribution >= 4 is 17.8 Å². The highest BCUT2D eigenvalue weighted by Crippen LogP contribution is 2.30. The highest BCUT2D eigenvalue weighted by atomic mass is 16.4. The summed E-state index contributed by atoms with van der Waals surface area (Å²) in [6.07, 6.45) is 3.56. The molecule has 6 heteroatoms. The van der Waals surface area contributed by atoms with Gasteiger partial charge in [0, 0.05) is 6.42 Å². The quantitative estimate of drug-likeness (QED) is 0.719. The molecule has 124 valence electrons. The first kappa shape index (κ1) is 17.0. The summed E-state index contributed by atoms with van der Waals surface area (Å²) < 4.78 is 0. The summed E-state index contributed by atoms with van der Waals surface area (Å²) in [6, 6.07) is 9.60. The minimum absolute atomic E-state index is 0.261. The maximum Gasteiger partial charge on any atom is 0.307 e. The van der Waals surface area contributed by atoms with Gasteiger partial charge in [-0.05, 0) is 24.8 Å². The van der Waals surface area contributed by atoms with Crippen LogP contribution in [0, 0.1) is 11.8 Å².